The van der Waals surface area contributed by atoms with E-state index < -0.39 is 10.0 Å². The van der Waals surface area contributed by atoms with Crippen LogP contribution in [-0.4, -0.2) is 19.2 Å². The smallest absolute Gasteiger partial charge is 0.260 e. The van der Waals surface area contributed by atoms with Crippen molar-refractivity contribution in [2.24, 2.45) is 0 Å². The van der Waals surface area contributed by atoms with Gasteiger partial charge in [-0.1, -0.05) is 43.7 Å². The topological polar surface area (TPSA) is 92.0 Å². The van der Waals surface area contributed by atoms with E-state index in [-0.39, 0.29) is 12.1 Å². The van der Waals surface area contributed by atoms with Crippen LogP contribution in [0.4, 0.5) is 0 Å². The number of nitrogens with one attached hydrogen (secondary N) is 1. The number of nitriles is 1. The molecule has 0 aliphatic rings. The Hall–Kier alpha value is -3.21. The van der Waals surface area contributed by atoms with Gasteiger partial charge in [0.25, 0.3) is 5.56 Å². The molecule has 7 heteroatoms. The molecule has 0 bridgehead atoms. The summed E-state index contributed by atoms with van der Waals surface area (Å²) < 4.78 is 27.2. The summed E-state index contributed by atoms with van der Waals surface area (Å²) in [5.74, 6) is 0. The number of rotatable bonds is 8. The van der Waals surface area contributed by atoms with Gasteiger partial charge in [-0.25, -0.2) is 13.1 Å². The van der Waals surface area contributed by atoms with Crippen LogP contribution >= 0.6 is 0 Å². The van der Waals surface area contributed by atoms with Crippen LogP contribution in [0, 0.1) is 18.3 Å². The average Bonchev–Trinajstić information content (AvgIpc) is 2.76. The van der Waals surface area contributed by atoms with Crippen molar-refractivity contribution < 1.29 is 8.42 Å². The number of aryl methyl sites for hydroxylation is 2. The van der Waals surface area contributed by atoms with Crippen LogP contribution in [0.15, 0.2) is 59.4 Å². The number of aromatic nitrogens is 1. The lowest BCUT2D eigenvalue weighted by molar-refractivity contribution is 0.587. The fourth-order valence-corrected chi connectivity index (χ4v) is 4.11. The molecule has 0 fully saturated rings. The maximum Gasteiger partial charge on any atom is 0.260 e. The van der Waals surface area contributed by atoms with Crippen LogP contribution in [0.5, 0.6) is 0 Å². The Bertz CT molecular complexity index is 1320. The molecule has 2 aromatic carbocycles. The van der Waals surface area contributed by atoms with E-state index in [1.165, 1.54) is 0 Å². The summed E-state index contributed by atoms with van der Waals surface area (Å²) in [6.45, 7) is 3.88. The van der Waals surface area contributed by atoms with E-state index in [4.69, 9.17) is 0 Å². The molecule has 166 valence electrons. The molecular weight excluding hydrogens is 422 g/mol. The summed E-state index contributed by atoms with van der Waals surface area (Å²) in [5, 5.41) is 9.39. The molecule has 0 saturated heterocycles. The monoisotopic (exact) mass is 449 g/mol. The van der Waals surface area contributed by atoms with Crippen molar-refractivity contribution in [3.05, 3.63) is 87.3 Å². The lowest BCUT2D eigenvalue weighted by Gasteiger charge is -2.17. The first-order valence-electron chi connectivity index (χ1n) is 10.5. The van der Waals surface area contributed by atoms with E-state index in [9.17, 15) is 18.5 Å². The number of hydrogen-bond acceptors (Lipinski definition) is 4. The summed E-state index contributed by atoms with van der Waals surface area (Å²) in [6.07, 6.45) is 3.75. The van der Waals surface area contributed by atoms with Crippen LogP contribution in [0.1, 0.15) is 42.1 Å². The quantitative estimate of drug-likeness (QED) is 0.561. The second kappa shape index (κ2) is 9.94. The molecule has 0 aliphatic carbocycles. The van der Waals surface area contributed by atoms with Crippen molar-refractivity contribution in [2.75, 3.05) is 6.26 Å². The third-order valence-corrected chi connectivity index (χ3v) is 6.06. The van der Waals surface area contributed by atoms with Crippen molar-refractivity contribution in [3.8, 4) is 22.9 Å². The Balaban J connectivity index is 2.10. The molecule has 0 spiro atoms. The summed E-state index contributed by atoms with van der Waals surface area (Å²) in [4.78, 5) is 13.4. The number of pyridine rings is 1. The molecule has 3 rings (SSSR count). The summed E-state index contributed by atoms with van der Waals surface area (Å²) >= 11 is 0. The van der Waals surface area contributed by atoms with Gasteiger partial charge in [0.15, 0.2) is 0 Å². The molecule has 0 saturated carbocycles. The van der Waals surface area contributed by atoms with Gasteiger partial charge in [-0.15, -0.1) is 0 Å². The van der Waals surface area contributed by atoms with Crippen molar-refractivity contribution >= 4 is 10.0 Å². The Morgan fingerprint density at radius 3 is 2.41 bits per heavy atom. The van der Waals surface area contributed by atoms with Crippen LogP contribution in [-0.2, 0) is 23.0 Å². The summed E-state index contributed by atoms with van der Waals surface area (Å²) in [6, 6.07) is 19.1. The fraction of sp³-hybridized carbons (Fsp3) is 0.280. The maximum atomic E-state index is 13.4. The third kappa shape index (κ3) is 5.34. The molecule has 0 aliphatic heterocycles. The molecule has 3 aromatic rings. The first-order valence-corrected chi connectivity index (χ1v) is 12.4. The third-order valence-electron chi connectivity index (χ3n) is 5.39. The predicted molar refractivity (Wildman–Crippen MR) is 127 cm³/mol. The van der Waals surface area contributed by atoms with Crippen molar-refractivity contribution in [3.63, 3.8) is 0 Å². The van der Waals surface area contributed by atoms with Gasteiger partial charge in [0.1, 0.15) is 0 Å². The Morgan fingerprint density at radius 1 is 1.09 bits per heavy atom. The molecule has 1 aromatic heterocycles. The highest BCUT2D eigenvalue weighted by Crippen LogP contribution is 2.25. The largest absolute Gasteiger partial charge is 0.281 e. The molecule has 6 nitrogen and oxygen atoms in total. The van der Waals surface area contributed by atoms with Gasteiger partial charge >= 0.3 is 0 Å². The molecule has 0 atom stereocenters. The van der Waals surface area contributed by atoms with Gasteiger partial charge < -0.3 is 0 Å². The van der Waals surface area contributed by atoms with Crippen molar-refractivity contribution in [1.82, 2.24) is 9.29 Å². The van der Waals surface area contributed by atoms with E-state index in [2.05, 4.69) is 17.7 Å². The molecule has 0 radical (unpaired) electrons. The van der Waals surface area contributed by atoms with Gasteiger partial charge in [-0.2, -0.15) is 5.26 Å². The van der Waals surface area contributed by atoms with Crippen LogP contribution in [0.3, 0.4) is 0 Å². The number of benzene rings is 2. The van der Waals surface area contributed by atoms with Gasteiger partial charge in [-0.05, 0) is 60.7 Å². The van der Waals surface area contributed by atoms with Gasteiger partial charge in [0.2, 0.25) is 10.0 Å². The minimum absolute atomic E-state index is 0.0504. The first-order chi connectivity index (χ1) is 15.2. The van der Waals surface area contributed by atoms with E-state index in [0.29, 0.717) is 16.8 Å². The minimum Gasteiger partial charge on any atom is -0.281 e. The highest BCUT2D eigenvalue weighted by Gasteiger charge is 2.16. The molecule has 0 amide bonds. The number of nitrogens with zero attached hydrogens (tertiary/aromatic N) is 2. The normalized spacial score (nSPS) is 11.3. The molecule has 0 unspecified atom stereocenters. The summed E-state index contributed by atoms with van der Waals surface area (Å²) in [7, 11) is -3.43. The van der Waals surface area contributed by atoms with Crippen molar-refractivity contribution in [2.45, 2.75) is 39.7 Å². The molecule has 1 heterocycles. The number of hydrogen-bond donors (Lipinski definition) is 1. The van der Waals surface area contributed by atoms with E-state index >= 15 is 0 Å². The number of unbranched alkanes of at least 4 members (excludes halogenated alkanes) is 1. The Morgan fingerprint density at radius 2 is 1.78 bits per heavy atom. The highest BCUT2D eigenvalue weighted by atomic mass is 32.2. The van der Waals surface area contributed by atoms with E-state index in [0.717, 1.165) is 47.9 Å². The first kappa shape index (κ1) is 23.5. The molecule has 32 heavy (non-hydrogen) atoms. The lowest BCUT2D eigenvalue weighted by Crippen LogP contribution is -2.31. The Kier molecular flexibility index (Phi) is 7.29. The molecular formula is C25H27N3O3S. The van der Waals surface area contributed by atoms with Gasteiger partial charge in [-0.3, -0.25) is 9.36 Å². The standard InChI is InChI=1S/C25H27N3O3S/c1-4-5-9-22-15-18(2)24(17-27-32(3,30)31)25(29)28(22)21-13-11-19(12-14-21)23-10-7-6-8-20(23)16-26/h6-8,10-15,27H,4-5,9,17H2,1-3H3. The van der Waals surface area contributed by atoms with Gasteiger partial charge in [0, 0.05) is 23.5 Å². The SMILES string of the molecule is CCCCc1cc(C)c(CNS(C)(=O)=O)c(=O)n1-c1ccc(-c2ccccc2C#N)cc1. The van der Waals surface area contributed by atoms with Crippen LogP contribution < -0.4 is 10.3 Å². The second-order valence-electron chi connectivity index (χ2n) is 7.84. The average molecular weight is 450 g/mol. The van der Waals surface area contributed by atoms with E-state index in [1.807, 2.05) is 55.5 Å². The van der Waals surface area contributed by atoms with Crippen LogP contribution in [0.25, 0.3) is 16.8 Å². The zero-order chi connectivity index (χ0) is 23.3. The highest BCUT2D eigenvalue weighted by molar-refractivity contribution is 7.88. The predicted octanol–water partition coefficient (Wildman–Crippen LogP) is 4.08. The van der Waals surface area contributed by atoms with Gasteiger partial charge in [0.05, 0.1) is 17.9 Å². The zero-order valence-electron chi connectivity index (χ0n) is 18.6. The van der Waals surface area contributed by atoms with E-state index in [1.54, 1.807) is 10.6 Å². The molecule has 1 N–H and O–H groups in total. The fourth-order valence-electron chi connectivity index (χ4n) is 3.70. The second-order valence-corrected chi connectivity index (χ2v) is 9.67. The van der Waals surface area contributed by atoms with Crippen LogP contribution in [0.2, 0.25) is 0 Å². The zero-order valence-corrected chi connectivity index (χ0v) is 19.4. The Labute approximate surface area is 189 Å². The number of sulfonamides is 1. The summed E-state index contributed by atoms with van der Waals surface area (Å²) in [5.41, 5.74) is 4.88. The van der Waals surface area contributed by atoms with Crippen molar-refractivity contribution in [1.29, 1.82) is 5.26 Å². The minimum atomic E-state index is -3.43. The maximum absolute atomic E-state index is 13.4. The lowest BCUT2D eigenvalue weighted by atomic mass is 10.00.